The molecule has 1 rings (SSSR count). The van der Waals surface area contributed by atoms with Gasteiger partial charge in [-0.3, -0.25) is 4.79 Å². The van der Waals surface area contributed by atoms with Gasteiger partial charge in [-0.1, -0.05) is 26.7 Å². The maximum Gasteiger partial charge on any atom is 0.223 e. The molecule has 0 aromatic heterocycles. The minimum absolute atomic E-state index is 0.122. The number of hydrogen-bond donors (Lipinski definition) is 1. The molecule has 0 aromatic rings. The maximum atomic E-state index is 12.2. The molecular weight excluding hydrogens is 246 g/mol. The third-order valence-corrected chi connectivity index (χ3v) is 4.95. The highest BCUT2D eigenvalue weighted by atomic mass is 32.2. The Kier molecular flexibility index (Phi) is 7.08. The number of carbonyl (C=O) groups is 1. The van der Waals surface area contributed by atoms with Gasteiger partial charge < -0.3 is 10.1 Å². The van der Waals surface area contributed by atoms with Crippen molar-refractivity contribution < 1.29 is 9.53 Å². The van der Waals surface area contributed by atoms with Gasteiger partial charge in [-0.05, 0) is 25.0 Å². The van der Waals surface area contributed by atoms with E-state index in [1.807, 2.05) is 11.8 Å². The van der Waals surface area contributed by atoms with E-state index in [0.717, 1.165) is 43.6 Å². The number of carbonyl (C=O) groups excluding carboxylic acids is 1. The van der Waals surface area contributed by atoms with Crippen LogP contribution in [0.15, 0.2) is 0 Å². The smallest absolute Gasteiger partial charge is 0.223 e. The van der Waals surface area contributed by atoms with Crippen molar-refractivity contribution in [3.63, 3.8) is 0 Å². The van der Waals surface area contributed by atoms with Crippen LogP contribution in [0.3, 0.4) is 0 Å². The standard InChI is InChI=1S/C14H27NO2S/c1-4-6-12(7-5-2)13(16)15-10-14(17-3)8-9-18-11-14/h12H,4-11H2,1-3H3,(H,15,16). The SMILES string of the molecule is CCCC(CCC)C(=O)NCC1(OC)CCSC1. The van der Waals surface area contributed by atoms with E-state index >= 15 is 0 Å². The summed E-state index contributed by atoms with van der Waals surface area (Å²) in [5, 5.41) is 3.11. The van der Waals surface area contributed by atoms with E-state index in [4.69, 9.17) is 4.74 Å². The third-order valence-electron chi connectivity index (χ3n) is 3.73. The first kappa shape index (κ1) is 15.8. The lowest BCUT2D eigenvalue weighted by atomic mass is 9.96. The lowest BCUT2D eigenvalue weighted by Crippen LogP contribution is -2.46. The van der Waals surface area contributed by atoms with Crippen molar-refractivity contribution in [2.75, 3.05) is 25.2 Å². The Balaban J connectivity index is 2.42. The fourth-order valence-corrected chi connectivity index (χ4v) is 3.85. The highest BCUT2D eigenvalue weighted by Gasteiger charge is 2.35. The summed E-state index contributed by atoms with van der Waals surface area (Å²) in [5.41, 5.74) is -0.122. The summed E-state index contributed by atoms with van der Waals surface area (Å²) in [6.07, 6.45) is 5.18. The largest absolute Gasteiger partial charge is 0.376 e. The van der Waals surface area contributed by atoms with E-state index < -0.39 is 0 Å². The molecule has 1 aliphatic heterocycles. The second kappa shape index (κ2) is 8.05. The average Bonchev–Trinajstić information content (AvgIpc) is 2.85. The lowest BCUT2D eigenvalue weighted by molar-refractivity contribution is -0.126. The van der Waals surface area contributed by atoms with Gasteiger partial charge in [-0.25, -0.2) is 0 Å². The minimum atomic E-state index is -0.122. The molecule has 4 heteroatoms. The van der Waals surface area contributed by atoms with Gasteiger partial charge >= 0.3 is 0 Å². The monoisotopic (exact) mass is 273 g/mol. The van der Waals surface area contributed by atoms with Crippen LogP contribution in [0, 0.1) is 5.92 Å². The summed E-state index contributed by atoms with van der Waals surface area (Å²) in [6.45, 7) is 4.94. The van der Waals surface area contributed by atoms with Crippen molar-refractivity contribution in [2.24, 2.45) is 5.92 Å². The summed E-state index contributed by atoms with van der Waals surface area (Å²) in [7, 11) is 1.76. The van der Waals surface area contributed by atoms with Crippen molar-refractivity contribution in [1.29, 1.82) is 0 Å². The van der Waals surface area contributed by atoms with Crippen molar-refractivity contribution >= 4 is 17.7 Å². The van der Waals surface area contributed by atoms with Crippen molar-refractivity contribution in [3.05, 3.63) is 0 Å². The molecule has 1 atom stereocenters. The number of thioether (sulfide) groups is 1. The molecule has 1 unspecified atom stereocenters. The molecule has 0 spiro atoms. The quantitative estimate of drug-likeness (QED) is 0.739. The Morgan fingerprint density at radius 3 is 2.50 bits per heavy atom. The number of ether oxygens (including phenoxy) is 1. The lowest BCUT2D eigenvalue weighted by Gasteiger charge is -2.28. The minimum Gasteiger partial charge on any atom is -0.376 e. The van der Waals surface area contributed by atoms with E-state index in [9.17, 15) is 4.79 Å². The van der Waals surface area contributed by atoms with Gasteiger partial charge in [0, 0.05) is 25.3 Å². The first-order valence-corrected chi connectivity index (χ1v) is 8.23. The Morgan fingerprint density at radius 1 is 1.39 bits per heavy atom. The molecule has 1 N–H and O–H groups in total. The number of hydrogen-bond acceptors (Lipinski definition) is 3. The Bertz CT molecular complexity index is 246. The predicted molar refractivity (Wildman–Crippen MR) is 78.0 cm³/mol. The molecule has 18 heavy (non-hydrogen) atoms. The Labute approximate surface area is 115 Å². The van der Waals surface area contributed by atoms with Crippen LogP contribution in [0.5, 0.6) is 0 Å². The highest BCUT2D eigenvalue weighted by Crippen LogP contribution is 2.30. The fraction of sp³-hybridized carbons (Fsp3) is 0.929. The molecule has 1 amide bonds. The molecule has 1 saturated heterocycles. The van der Waals surface area contributed by atoms with Gasteiger partial charge in [0.1, 0.15) is 0 Å². The molecule has 0 aromatic carbocycles. The Morgan fingerprint density at radius 2 is 2.06 bits per heavy atom. The van der Waals surface area contributed by atoms with Crippen LogP contribution in [0.4, 0.5) is 0 Å². The fourth-order valence-electron chi connectivity index (χ4n) is 2.46. The molecule has 106 valence electrons. The Hall–Kier alpha value is -0.220. The summed E-state index contributed by atoms with van der Waals surface area (Å²) >= 11 is 1.91. The van der Waals surface area contributed by atoms with E-state index in [1.54, 1.807) is 7.11 Å². The van der Waals surface area contributed by atoms with E-state index in [-0.39, 0.29) is 17.4 Å². The number of methoxy groups -OCH3 is 1. The van der Waals surface area contributed by atoms with Crippen LogP contribution < -0.4 is 5.32 Å². The topological polar surface area (TPSA) is 38.3 Å². The van der Waals surface area contributed by atoms with Crippen molar-refractivity contribution in [2.45, 2.75) is 51.6 Å². The molecule has 0 bridgehead atoms. The molecule has 1 fully saturated rings. The first-order chi connectivity index (χ1) is 8.67. The molecule has 0 saturated carbocycles. The van der Waals surface area contributed by atoms with Gasteiger partial charge in [0.15, 0.2) is 0 Å². The van der Waals surface area contributed by atoms with Crippen LogP contribution in [-0.4, -0.2) is 36.7 Å². The molecule has 1 heterocycles. The zero-order chi connectivity index (χ0) is 13.4. The van der Waals surface area contributed by atoms with Crippen LogP contribution >= 0.6 is 11.8 Å². The van der Waals surface area contributed by atoms with E-state index in [0.29, 0.717) is 6.54 Å². The molecular formula is C14H27NO2S. The van der Waals surface area contributed by atoms with Gasteiger partial charge in [0.2, 0.25) is 5.91 Å². The van der Waals surface area contributed by atoms with Crippen LogP contribution in [0.25, 0.3) is 0 Å². The van der Waals surface area contributed by atoms with Gasteiger partial charge in [0.05, 0.1) is 5.60 Å². The normalized spacial score (nSPS) is 23.6. The van der Waals surface area contributed by atoms with Crippen LogP contribution in [0.1, 0.15) is 46.0 Å². The highest BCUT2D eigenvalue weighted by molar-refractivity contribution is 7.99. The van der Waals surface area contributed by atoms with Crippen molar-refractivity contribution in [1.82, 2.24) is 5.32 Å². The number of nitrogens with one attached hydrogen (secondary N) is 1. The molecule has 3 nitrogen and oxygen atoms in total. The van der Waals surface area contributed by atoms with Crippen LogP contribution in [0.2, 0.25) is 0 Å². The first-order valence-electron chi connectivity index (χ1n) is 7.08. The van der Waals surface area contributed by atoms with Crippen molar-refractivity contribution in [3.8, 4) is 0 Å². The predicted octanol–water partition coefficient (Wildman–Crippen LogP) is 2.84. The number of amides is 1. The molecule has 0 radical (unpaired) electrons. The summed E-state index contributed by atoms with van der Waals surface area (Å²) in [4.78, 5) is 12.2. The zero-order valence-electron chi connectivity index (χ0n) is 12.0. The average molecular weight is 273 g/mol. The number of rotatable bonds is 8. The van der Waals surface area contributed by atoms with E-state index in [2.05, 4.69) is 19.2 Å². The van der Waals surface area contributed by atoms with Crippen LogP contribution in [-0.2, 0) is 9.53 Å². The zero-order valence-corrected chi connectivity index (χ0v) is 12.8. The van der Waals surface area contributed by atoms with Gasteiger partial charge in [-0.15, -0.1) is 0 Å². The summed E-state index contributed by atoms with van der Waals surface area (Å²) in [5.74, 6) is 2.53. The third kappa shape index (κ3) is 4.47. The molecule has 0 aliphatic carbocycles. The summed E-state index contributed by atoms with van der Waals surface area (Å²) < 4.78 is 5.61. The summed E-state index contributed by atoms with van der Waals surface area (Å²) in [6, 6.07) is 0. The second-order valence-electron chi connectivity index (χ2n) is 5.18. The van der Waals surface area contributed by atoms with E-state index in [1.165, 1.54) is 0 Å². The second-order valence-corrected chi connectivity index (χ2v) is 6.29. The van der Waals surface area contributed by atoms with Gasteiger partial charge in [0.25, 0.3) is 0 Å². The van der Waals surface area contributed by atoms with Gasteiger partial charge in [-0.2, -0.15) is 11.8 Å². The molecule has 1 aliphatic rings. The maximum absolute atomic E-state index is 12.2.